The summed E-state index contributed by atoms with van der Waals surface area (Å²) in [6.07, 6.45) is 1.65. The molecule has 17 nitrogen and oxygen atoms in total. The molecule has 0 aromatic rings. The first-order valence-electron chi connectivity index (χ1n) is 4.15. The van der Waals surface area contributed by atoms with Crippen LogP contribution in [0.15, 0.2) is 12.7 Å². The normalized spacial score (nSPS) is 9.67. The Morgan fingerprint density at radius 3 is 0.593 bits per heavy atom. The van der Waals surface area contributed by atoms with E-state index in [-0.39, 0.29) is 78.6 Å². The molecule has 0 unspecified atom stereocenters. The molecule has 0 aliphatic rings. The molecule has 0 amide bonds. The molecule has 0 aromatic heterocycles. The molecule has 0 fully saturated rings. The van der Waals surface area contributed by atoms with Crippen LogP contribution in [0.5, 0.6) is 0 Å². The van der Waals surface area contributed by atoms with Gasteiger partial charge in [-0.2, -0.15) is 31.3 Å². The van der Waals surface area contributed by atoms with Gasteiger partial charge >= 0.3 is 78.6 Å². The van der Waals surface area contributed by atoms with Crippen LogP contribution in [0, 0.1) is 0 Å². The van der Waals surface area contributed by atoms with Crippen LogP contribution in [0.2, 0.25) is 0 Å². The quantitative estimate of drug-likeness (QED) is 0.195. The van der Waals surface area contributed by atoms with E-state index in [1.165, 1.54) is 0 Å². The minimum atomic E-state index is -5.39. The van der Waals surface area contributed by atoms with Gasteiger partial charge in [0.2, 0.25) is 0 Å². The standard InChI is InChI=1S/C3H7N.4H3O4P.3Zr/c1-2-3-4;4*1-5(2,3)4;;;/h2H,1,3-4H2;4*(H3,1,2,3,4);;;/q;;;;;3*+4/p-12. The van der Waals surface area contributed by atoms with Crippen molar-refractivity contribution in [1.82, 2.24) is 0 Å². The predicted octanol–water partition coefficient (Wildman–Crippen LogP) is -11.2. The number of rotatable bonds is 1. The summed E-state index contributed by atoms with van der Waals surface area (Å²) in [7, 11) is -21.6. The second kappa shape index (κ2) is 26.8. The van der Waals surface area contributed by atoms with Gasteiger partial charge < -0.3 is 82.7 Å². The fourth-order valence-corrected chi connectivity index (χ4v) is 0. The molecule has 0 aliphatic heterocycles. The number of phosphoric acid groups is 4. The van der Waals surface area contributed by atoms with Gasteiger partial charge in [-0.25, -0.2) is 0 Å². The molecule has 0 rings (SSSR count). The van der Waals surface area contributed by atoms with Crippen LogP contribution in [0.4, 0.5) is 0 Å². The van der Waals surface area contributed by atoms with Gasteiger partial charge in [0, 0.05) is 6.54 Å². The smallest absolute Gasteiger partial charge is 0.822 e. The largest absolute Gasteiger partial charge is 4.00 e. The molecule has 152 valence electrons. The average molecular weight is 711 g/mol. The fourth-order valence-electron chi connectivity index (χ4n) is 0. The molecule has 0 saturated heterocycles. The minimum Gasteiger partial charge on any atom is -0.822 e. The van der Waals surface area contributed by atoms with Gasteiger partial charge in [0.1, 0.15) is 0 Å². The molecule has 0 saturated carbocycles. The van der Waals surface area contributed by atoms with E-state index in [1.807, 2.05) is 0 Å². The number of nitrogens with two attached hydrogens (primary N) is 1. The van der Waals surface area contributed by atoms with Crippen molar-refractivity contribution in [2.45, 2.75) is 0 Å². The van der Waals surface area contributed by atoms with Gasteiger partial charge in [0.15, 0.2) is 0 Å². The third kappa shape index (κ3) is 1440. The maximum absolute atomic E-state index is 8.55. The van der Waals surface area contributed by atoms with E-state index < -0.39 is 31.3 Å². The first-order valence-corrected chi connectivity index (χ1v) is 9.99. The van der Waals surface area contributed by atoms with Gasteiger partial charge in [0.25, 0.3) is 0 Å². The van der Waals surface area contributed by atoms with Crippen LogP contribution in [-0.2, 0) is 96.9 Å². The Morgan fingerprint density at radius 1 is 0.556 bits per heavy atom. The van der Waals surface area contributed by atoms with E-state index >= 15 is 0 Å². The molecule has 0 radical (unpaired) electrons. The molecular weight excluding hydrogens is 704 g/mol. The summed E-state index contributed by atoms with van der Waals surface area (Å²) >= 11 is 0. The molecule has 0 aliphatic carbocycles. The van der Waals surface area contributed by atoms with Gasteiger partial charge in [-0.1, -0.05) is 6.08 Å². The third-order valence-electron chi connectivity index (χ3n) is 0.167. The van der Waals surface area contributed by atoms with Gasteiger partial charge in [-0.3, -0.25) is 0 Å². The van der Waals surface area contributed by atoms with E-state index in [2.05, 4.69) is 6.58 Å². The van der Waals surface area contributed by atoms with E-state index in [1.54, 1.807) is 6.08 Å². The second-order valence-corrected chi connectivity index (χ2v) is 5.89. The predicted molar refractivity (Wildman–Crippen MR) is 49.7 cm³/mol. The summed E-state index contributed by atoms with van der Waals surface area (Å²) in [5.41, 5.74) is 4.91. The molecule has 0 atom stereocenters. The Balaban J connectivity index is -0.0000000272. The van der Waals surface area contributed by atoms with Crippen LogP contribution in [0.1, 0.15) is 0 Å². The van der Waals surface area contributed by atoms with E-state index in [0.717, 1.165) is 0 Å². The molecule has 0 aromatic carbocycles. The Bertz CT molecular complexity index is 364. The van der Waals surface area contributed by atoms with Gasteiger partial charge in [0.05, 0.1) is 0 Å². The van der Waals surface area contributed by atoms with Crippen LogP contribution in [0.3, 0.4) is 0 Å². The van der Waals surface area contributed by atoms with Crippen molar-refractivity contribution in [3.05, 3.63) is 12.7 Å². The monoisotopic (exact) mass is 707 g/mol. The fraction of sp³-hybridized carbons (Fsp3) is 0.333. The summed E-state index contributed by atoms with van der Waals surface area (Å²) < 4.78 is 34.2. The van der Waals surface area contributed by atoms with Crippen molar-refractivity contribution in [2.24, 2.45) is 5.73 Å². The summed E-state index contributed by atoms with van der Waals surface area (Å²) in [4.78, 5) is 103. The van der Waals surface area contributed by atoms with Crippen molar-refractivity contribution >= 4 is 31.3 Å². The van der Waals surface area contributed by atoms with E-state index in [4.69, 9.17) is 82.7 Å². The van der Waals surface area contributed by atoms with Crippen molar-refractivity contribution in [3.8, 4) is 0 Å². The zero-order chi connectivity index (χ0) is 21.4. The van der Waals surface area contributed by atoms with Crippen LogP contribution < -0.4 is 64.5 Å². The SMILES string of the molecule is C=CCN.O=P([O-])([O-])[O-].O=P([O-])([O-])[O-].O=P([O-])([O-])[O-].O=P([O-])([O-])[O-].[Zr+4].[Zr+4].[Zr+4]. The van der Waals surface area contributed by atoms with E-state index in [9.17, 15) is 0 Å². The second-order valence-electron chi connectivity index (χ2n) is 2.31. The Labute approximate surface area is 210 Å². The van der Waals surface area contributed by atoms with E-state index in [0.29, 0.717) is 6.54 Å². The molecule has 24 heteroatoms. The maximum atomic E-state index is 8.55. The van der Waals surface area contributed by atoms with Crippen molar-refractivity contribution in [1.29, 1.82) is 0 Å². The summed E-state index contributed by atoms with van der Waals surface area (Å²) in [5.74, 6) is 0. The van der Waals surface area contributed by atoms with Gasteiger partial charge in [-0.05, 0) is 0 Å². The zero-order valence-electron chi connectivity index (χ0n) is 12.4. The summed E-state index contributed by atoms with van der Waals surface area (Å²) in [6.45, 7) is 3.94. The van der Waals surface area contributed by atoms with Gasteiger partial charge in [-0.15, -0.1) is 6.58 Å². The maximum Gasteiger partial charge on any atom is 4.00 e. The van der Waals surface area contributed by atoms with Crippen molar-refractivity contribution in [3.63, 3.8) is 0 Å². The zero-order valence-corrected chi connectivity index (χ0v) is 23.3. The Kier molecular flexibility index (Phi) is 51.7. The van der Waals surface area contributed by atoms with Crippen LogP contribution >= 0.6 is 31.3 Å². The van der Waals surface area contributed by atoms with Crippen LogP contribution in [0.25, 0.3) is 0 Å². The Hall–Kier alpha value is 2.79. The third-order valence-corrected chi connectivity index (χ3v) is 0.167. The number of hydrogen-bond donors (Lipinski definition) is 1. The molecule has 0 heterocycles. The summed E-state index contributed by atoms with van der Waals surface area (Å²) in [6, 6.07) is 0. The average Bonchev–Trinajstić information content (AvgIpc) is 2.05. The Morgan fingerprint density at radius 2 is 0.593 bits per heavy atom. The number of hydrogen-bond acceptors (Lipinski definition) is 17. The topological polar surface area (TPSA) is 371 Å². The van der Waals surface area contributed by atoms with Crippen LogP contribution in [-0.4, -0.2) is 6.54 Å². The first-order chi connectivity index (χ1) is 9.91. The molecule has 0 spiro atoms. The molecule has 0 bridgehead atoms. The van der Waals surface area contributed by atoms with Crippen molar-refractivity contribution < 1.29 is 156 Å². The molecule has 2 N–H and O–H groups in total. The molecular formula is C3H7NO16P4Zr3. The first kappa shape index (κ1) is 52.0. The molecule has 27 heavy (non-hydrogen) atoms. The minimum absolute atomic E-state index is 0. The summed E-state index contributed by atoms with van der Waals surface area (Å²) in [5, 5.41) is 0. The van der Waals surface area contributed by atoms with Crippen molar-refractivity contribution in [2.75, 3.05) is 6.54 Å².